The van der Waals surface area contributed by atoms with E-state index in [-0.39, 0.29) is 18.2 Å². The Labute approximate surface area is 212 Å². The van der Waals surface area contributed by atoms with Gasteiger partial charge in [0, 0.05) is 23.9 Å². The summed E-state index contributed by atoms with van der Waals surface area (Å²) in [5.74, 6) is 0.691. The molecule has 186 valence electrons. The number of nitrogens with one attached hydrogen (secondary N) is 1. The van der Waals surface area contributed by atoms with E-state index in [4.69, 9.17) is 26.4 Å². The van der Waals surface area contributed by atoms with Crippen LogP contribution in [0.3, 0.4) is 0 Å². The summed E-state index contributed by atoms with van der Waals surface area (Å²) in [6, 6.07) is 21.7. The fourth-order valence-electron chi connectivity index (χ4n) is 3.73. The average Bonchev–Trinajstić information content (AvgIpc) is 2.84. The van der Waals surface area contributed by atoms with Crippen LogP contribution in [0.5, 0.6) is 11.5 Å². The summed E-state index contributed by atoms with van der Waals surface area (Å²) in [5, 5.41) is 7.68. The van der Waals surface area contributed by atoms with E-state index in [2.05, 4.69) is 6.92 Å². The van der Waals surface area contributed by atoms with Crippen molar-refractivity contribution in [3.63, 3.8) is 0 Å². The summed E-state index contributed by atoms with van der Waals surface area (Å²) in [7, 11) is 1.58. The van der Waals surface area contributed by atoms with Crippen molar-refractivity contribution in [2.45, 2.75) is 32.4 Å². The minimum atomic E-state index is -0.785. The summed E-state index contributed by atoms with van der Waals surface area (Å²) in [5.41, 5.74) is 14.7. The zero-order valence-electron chi connectivity index (χ0n) is 20.1. The summed E-state index contributed by atoms with van der Waals surface area (Å²) < 4.78 is 11.4. The second kappa shape index (κ2) is 13.2. The summed E-state index contributed by atoms with van der Waals surface area (Å²) >= 11 is 0. The summed E-state index contributed by atoms with van der Waals surface area (Å²) in [6.07, 6.45) is 1.94. The number of hydrogen-bond donors (Lipinski definition) is 3. The lowest BCUT2D eigenvalue weighted by molar-refractivity contribution is -0.119. The number of ether oxygens (including phenoxy) is 2. The van der Waals surface area contributed by atoms with Crippen LogP contribution in [0.1, 0.15) is 42.5 Å². The normalized spacial score (nSPS) is 11.1. The number of rotatable bonds is 12. The number of primary amides is 1. The number of methoxy groups -OCH3 is 1. The molecule has 0 heterocycles. The lowest BCUT2D eigenvalue weighted by Crippen LogP contribution is -2.37. The molecular weight excluding hydrogens is 464 g/mol. The number of unbranched alkanes of at least 4 members (excludes halogenated alkanes) is 1. The van der Waals surface area contributed by atoms with Crippen LogP contribution in [0.15, 0.2) is 72.8 Å². The molecule has 0 saturated carbocycles. The number of carbonyl (C=O) groups is 1. The second-order valence-electron chi connectivity index (χ2n) is 8.02. The van der Waals surface area contributed by atoms with Crippen molar-refractivity contribution >= 4 is 29.8 Å². The van der Waals surface area contributed by atoms with E-state index in [1.165, 1.54) is 0 Å². The van der Waals surface area contributed by atoms with Crippen molar-refractivity contribution in [1.29, 1.82) is 5.41 Å². The average molecular weight is 497 g/mol. The van der Waals surface area contributed by atoms with Crippen molar-refractivity contribution in [2.75, 3.05) is 18.6 Å². The maximum absolute atomic E-state index is 12.9. The first-order valence-corrected chi connectivity index (χ1v) is 11.3. The minimum absolute atomic E-state index is 0. The fourth-order valence-corrected chi connectivity index (χ4v) is 3.73. The van der Waals surface area contributed by atoms with E-state index in [1.807, 2.05) is 59.5 Å². The number of amidine groups is 1. The van der Waals surface area contributed by atoms with E-state index in [9.17, 15) is 4.79 Å². The SMILES string of the molecule is CCCCOc1cc(OC)cc(C(C(N)=O)N(Cc2ccccc2)c2ccc(C(=N)N)cc2)c1.Cl. The monoisotopic (exact) mass is 496 g/mol. The lowest BCUT2D eigenvalue weighted by atomic mass is 10.0. The van der Waals surface area contributed by atoms with Crippen LogP contribution in [-0.2, 0) is 11.3 Å². The van der Waals surface area contributed by atoms with Crippen molar-refractivity contribution in [1.82, 2.24) is 0 Å². The maximum atomic E-state index is 12.9. The van der Waals surface area contributed by atoms with Crippen LogP contribution >= 0.6 is 12.4 Å². The highest BCUT2D eigenvalue weighted by molar-refractivity contribution is 5.95. The molecule has 0 bridgehead atoms. The number of nitrogen functional groups attached to an aromatic ring is 1. The number of benzene rings is 3. The molecule has 7 nitrogen and oxygen atoms in total. The van der Waals surface area contributed by atoms with Gasteiger partial charge in [-0.2, -0.15) is 0 Å². The molecule has 1 atom stereocenters. The zero-order chi connectivity index (χ0) is 24.5. The lowest BCUT2D eigenvalue weighted by Gasteiger charge is -2.33. The molecule has 0 spiro atoms. The van der Waals surface area contributed by atoms with E-state index in [1.54, 1.807) is 25.3 Å². The van der Waals surface area contributed by atoms with Gasteiger partial charge >= 0.3 is 0 Å². The molecule has 3 rings (SSSR count). The van der Waals surface area contributed by atoms with E-state index >= 15 is 0 Å². The molecule has 8 heteroatoms. The van der Waals surface area contributed by atoms with Gasteiger partial charge in [-0.15, -0.1) is 12.4 Å². The molecule has 0 radical (unpaired) electrons. The predicted molar refractivity (Wildman–Crippen MR) is 143 cm³/mol. The van der Waals surface area contributed by atoms with Gasteiger partial charge in [0.1, 0.15) is 23.4 Å². The molecule has 1 amide bonds. The molecule has 0 aliphatic carbocycles. The Morgan fingerprint density at radius 1 is 1.00 bits per heavy atom. The third kappa shape index (κ3) is 7.39. The number of carbonyl (C=O) groups excluding carboxylic acids is 1. The van der Waals surface area contributed by atoms with Gasteiger partial charge in [-0.05, 0) is 53.9 Å². The number of nitrogens with two attached hydrogens (primary N) is 2. The van der Waals surface area contributed by atoms with E-state index in [0.29, 0.717) is 35.8 Å². The standard InChI is InChI=1S/C27H32N4O3.ClH/c1-3-4-14-34-24-16-21(15-23(17-24)33-2)25(27(30)32)31(18-19-8-6-5-7-9-19)22-12-10-20(11-13-22)26(28)29;/h5-13,15-17,25H,3-4,14,18H2,1-2H3,(H3,28,29)(H2,30,32);1H. The highest BCUT2D eigenvalue weighted by Gasteiger charge is 2.28. The Balaban J connectivity index is 0.00000432. The number of amides is 1. The van der Waals surface area contributed by atoms with Gasteiger partial charge in [0.05, 0.1) is 13.7 Å². The third-order valence-electron chi connectivity index (χ3n) is 5.51. The zero-order valence-corrected chi connectivity index (χ0v) is 20.9. The Bertz CT molecular complexity index is 1110. The van der Waals surface area contributed by atoms with Crippen LogP contribution in [0.25, 0.3) is 0 Å². The highest BCUT2D eigenvalue weighted by atomic mass is 35.5. The first kappa shape index (κ1) is 27.5. The molecule has 5 N–H and O–H groups in total. The number of hydrogen-bond acceptors (Lipinski definition) is 5. The van der Waals surface area contributed by atoms with Crippen molar-refractivity contribution in [3.05, 3.63) is 89.5 Å². The highest BCUT2D eigenvalue weighted by Crippen LogP contribution is 2.34. The maximum Gasteiger partial charge on any atom is 0.244 e. The van der Waals surface area contributed by atoms with Gasteiger partial charge in [0.25, 0.3) is 0 Å². The smallest absolute Gasteiger partial charge is 0.244 e. The Kier molecular flexibility index (Phi) is 10.4. The Morgan fingerprint density at radius 2 is 1.66 bits per heavy atom. The van der Waals surface area contributed by atoms with Crippen LogP contribution in [-0.4, -0.2) is 25.5 Å². The first-order valence-electron chi connectivity index (χ1n) is 11.3. The predicted octanol–water partition coefficient (Wildman–Crippen LogP) is 4.81. The van der Waals surface area contributed by atoms with E-state index < -0.39 is 11.9 Å². The molecule has 3 aromatic rings. The van der Waals surface area contributed by atoms with Crippen molar-refractivity contribution in [2.24, 2.45) is 11.5 Å². The van der Waals surface area contributed by atoms with Crippen LogP contribution in [0.4, 0.5) is 5.69 Å². The molecule has 0 saturated heterocycles. The number of anilines is 1. The fraction of sp³-hybridized carbons (Fsp3) is 0.259. The van der Waals surface area contributed by atoms with Crippen molar-refractivity contribution < 1.29 is 14.3 Å². The van der Waals surface area contributed by atoms with Crippen molar-refractivity contribution in [3.8, 4) is 11.5 Å². The molecular formula is C27H33ClN4O3. The van der Waals surface area contributed by atoms with Gasteiger partial charge in [-0.25, -0.2) is 0 Å². The van der Waals surface area contributed by atoms with Crippen LogP contribution in [0.2, 0.25) is 0 Å². The molecule has 35 heavy (non-hydrogen) atoms. The largest absolute Gasteiger partial charge is 0.497 e. The van der Waals surface area contributed by atoms with Gasteiger partial charge in [0.15, 0.2) is 0 Å². The molecule has 1 unspecified atom stereocenters. The number of halogens is 1. The van der Waals surface area contributed by atoms with Gasteiger partial charge in [0.2, 0.25) is 5.91 Å². The first-order chi connectivity index (χ1) is 16.4. The Hall–Kier alpha value is -3.71. The van der Waals surface area contributed by atoms with Crippen LogP contribution in [0, 0.1) is 5.41 Å². The molecule has 3 aromatic carbocycles. The molecule has 0 aliphatic heterocycles. The third-order valence-corrected chi connectivity index (χ3v) is 5.51. The second-order valence-corrected chi connectivity index (χ2v) is 8.02. The summed E-state index contributed by atoms with van der Waals surface area (Å²) in [6.45, 7) is 3.12. The van der Waals surface area contributed by atoms with Gasteiger partial charge in [-0.3, -0.25) is 10.2 Å². The van der Waals surface area contributed by atoms with Gasteiger partial charge in [-0.1, -0.05) is 43.7 Å². The van der Waals surface area contributed by atoms with Crippen LogP contribution < -0.4 is 25.8 Å². The quantitative estimate of drug-likeness (QED) is 0.189. The van der Waals surface area contributed by atoms with E-state index in [0.717, 1.165) is 24.1 Å². The molecule has 0 aliphatic rings. The molecule has 0 aromatic heterocycles. The number of nitrogens with zero attached hydrogens (tertiary/aromatic N) is 1. The topological polar surface area (TPSA) is 115 Å². The van der Waals surface area contributed by atoms with Gasteiger partial charge < -0.3 is 25.8 Å². The summed E-state index contributed by atoms with van der Waals surface area (Å²) in [4.78, 5) is 14.8. The molecule has 0 fully saturated rings. The minimum Gasteiger partial charge on any atom is -0.497 e. The Morgan fingerprint density at radius 3 is 2.23 bits per heavy atom.